The minimum absolute atomic E-state index is 0.00634. The molecule has 1 fully saturated rings. The molecule has 2 amide bonds. The Balaban J connectivity index is 2.23. The molecule has 0 radical (unpaired) electrons. The average molecular weight is 321 g/mol. The van der Waals surface area contributed by atoms with E-state index in [9.17, 15) is 9.59 Å². The van der Waals surface area contributed by atoms with E-state index in [0.717, 1.165) is 0 Å². The van der Waals surface area contributed by atoms with Crippen LogP contribution in [0.3, 0.4) is 0 Å². The number of nitrogens with zero attached hydrogens (tertiary/aromatic N) is 2. The smallest absolute Gasteiger partial charge is 0.256 e. The molecule has 0 bridgehead atoms. The summed E-state index contributed by atoms with van der Waals surface area (Å²) >= 11 is 0. The van der Waals surface area contributed by atoms with Gasteiger partial charge < -0.3 is 20.1 Å². The largest absolute Gasteiger partial charge is 0.475 e. The topological polar surface area (TPSA) is 94.8 Å². The Labute approximate surface area is 135 Å². The van der Waals surface area contributed by atoms with Crippen LogP contribution >= 0.6 is 0 Å². The second kappa shape index (κ2) is 6.95. The minimum atomic E-state index is -1.08. The van der Waals surface area contributed by atoms with Gasteiger partial charge in [0.05, 0.1) is 18.3 Å². The second-order valence-corrected chi connectivity index (χ2v) is 5.94. The zero-order valence-electron chi connectivity index (χ0n) is 13.7. The lowest BCUT2D eigenvalue weighted by Crippen LogP contribution is -2.58. The molecule has 23 heavy (non-hydrogen) atoms. The fourth-order valence-corrected chi connectivity index (χ4v) is 2.86. The first-order valence-corrected chi connectivity index (χ1v) is 7.64. The fourth-order valence-electron chi connectivity index (χ4n) is 2.86. The number of hydrogen-bond acceptors (Lipinski definition) is 5. The van der Waals surface area contributed by atoms with Crippen molar-refractivity contribution in [3.63, 3.8) is 0 Å². The van der Waals surface area contributed by atoms with E-state index >= 15 is 0 Å². The van der Waals surface area contributed by atoms with Gasteiger partial charge in [0.25, 0.3) is 5.91 Å². The van der Waals surface area contributed by atoms with Crippen LogP contribution in [0.1, 0.15) is 37.0 Å². The highest BCUT2D eigenvalue weighted by Crippen LogP contribution is 2.31. The van der Waals surface area contributed by atoms with Crippen molar-refractivity contribution in [3.05, 3.63) is 23.9 Å². The van der Waals surface area contributed by atoms with Crippen molar-refractivity contribution in [1.29, 1.82) is 0 Å². The number of carbonyl (C=O) groups is 2. The van der Waals surface area contributed by atoms with E-state index in [0.29, 0.717) is 30.8 Å². The number of rotatable bonds is 6. The van der Waals surface area contributed by atoms with Crippen LogP contribution in [0.15, 0.2) is 18.3 Å². The molecule has 1 aromatic heterocycles. The first-order valence-electron chi connectivity index (χ1n) is 7.64. The van der Waals surface area contributed by atoms with E-state index in [1.54, 1.807) is 12.1 Å². The van der Waals surface area contributed by atoms with Gasteiger partial charge in [0.15, 0.2) is 0 Å². The van der Waals surface area contributed by atoms with Crippen molar-refractivity contribution in [3.8, 4) is 5.88 Å². The van der Waals surface area contributed by atoms with Crippen LogP contribution in [0, 0.1) is 0 Å². The summed E-state index contributed by atoms with van der Waals surface area (Å²) in [5.74, 6) is -0.365. The summed E-state index contributed by atoms with van der Waals surface area (Å²) in [5, 5.41) is 0. The molecule has 1 saturated heterocycles. The molecule has 7 nitrogen and oxygen atoms in total. The monoisotopic (exact) mass is 321 g/mol. The van der Waals surface area contributed by atoms with Crippen molar-refractivity contribution in [1.82, 2.24) is 9.88 Å². The molecule has 1 aliphatic heterocycles. The summed E-state index contributed by atoms with van der Waals surface area (Å²) in [6, 6.07) is 3.29. The number of pyridine rings is 1. The molecule has 0 spiro atoms. The quantitative estimate of drug-likeness (QED) is 0.842. The van der Waals surface area contributed by atoms with Gasteiger partial charge in [0, 0.05) is 25.9 Å². The molecule has 1 aliphatic rings. The maximum absolute atomic E-state index is 12.8. The zero-order chi connectivity index (χ0) is 17.0. The van der Waals surface area contributed by atoms with Gasteiger partial charge in [0.2, 0.25) is 11.8 Å². The van der Waals surface area contributed by atoms with Crippen LogP contribution in [0.5, 0.6) is 5.88 Å². The molecule has 1 atom stereocenters. The Morgan fingerprint density at radius 1 is 1.43 bits per heavy atom. The first-order chi connectivity index (χ1) is 10.9. The first kappa shape index (κ1) is 17.2. The molecule has 7 heteroatoms. The Kier molecular flexibility index (Phi) is 5.20. The van der Waals surface area contributed by atoms with Crippen LogP contribution in [0.4, 0.5) is 0 Å². The Morgan fingerprint density at radius 2 is 2.17 bits per heavy atom. The van der Waals surface area contributed by atoms with Gasteiger partial charge in [-0.15, -0.1) is 0 Å². The number of ether oxygens (including phenoxy) is 2. The average Bonchev–Trinajstić information content (AvgIpc) is 2.92. The SMILES string of the molecule is COCC1(C(N)=O)CCCN1C(=O)c1ccc(OC(C)C)nc1. The highest BCUT2D eigenvalue weighted by Gasteiger charge is 2.48. The maximum Gasteiger partial charge on any atom is 0.256 e. The van der Waals surface area contributed by atoms with Gasteiger partial charge in [-0.25, -0.2) is 4.98 Å². The van der Waals surface area contributed by atoms with E-state index in [4.69, 9.17) is 15.2 Å². The van der Waals surface area contributed by atoms with Crippen LogP contribution in [0.2, 0.25) is 0 Å². The van der Waals surface area contributed by atoms with E-state index in [1.165, 1.54) is 18.2 Å². The zero-order valence-corrected chi connectivity index (χ0v) is 13.7. The van der Waals surface area contributed by atoms with E-state index in [2.05, 4.69) is 4.98 Å². The maximum atomic E-state index is 12.8. The van der Waals surface area contributed by atoms with Gasteiger partial charge in [-0.3, -0.25) is 9.59 Å². The van der Waals surface area contributed by atoms with Gasteiger partial charge >= 0.3 is 0 Å². The summed E-state index contributed by atoms with van der Waals surface area (Å²) in [5.41, 5.74) is 4.86. The third kappa shape index (κ3) is 3.44. The molecule has 1 aromatic rings. The van der Waals surface area contributed by atoms with Crippen molar-refractivity contribution >= 4 is 11.8 Å². The van der Waals surface area contributed by atoms with Crippen LogP contribution in [0.25, 0.3) is 0 Å². The Hall–Kier alpha value is -2.15. The predicted octanol–water partition coefficient (Wildman–Crippen LogP) is 0.975. The standard InChI is InChI=1S/C16H23N3O4/c1-11(2)23-13-6-5-12(9-18-13)14(20)19-8-4-7-16(19,10-22-3)15(17)21/h5-6,9,11H,4,7-8,10H2,1-3H3,(H2,17,21). The molecule has 0 aliphatic carbocycles. The van der Waals surface area contributed by atoms with E-state index in [-0.39, 0.29) is 18.6 Å². The fraction of sp³-hybridized carbons (Fsp3) is 0.562. The molecular weight excluding hydrogens is 298 g/mol. The number of methoxy groups -OCH3 is 1. The lowest BCUT2D eigenvalue weighted by Gasteiger charge is -2.35. The minimum Gasteiger partial charge on any atom is -0.475 e. The van der Waals surface area contributed by atoms with Crippen LogP contribution in [-0.2, 0) is 9.53 Å². The van der Waals surface area contributed by atoms with Gasteiger partial charge in [-0.2, -0.15) is 0 Å². The summed E-state index contributed by atoms with van der Waals surface area (Å²) in [4.78, 5) is 30.3. The van der Waals surface area contributed by atoms with Gasteiger partial charge in [-0.05, 0) is 32.8 Å². The number of amides is 2. The van der Waals surface area contributed by atoms with E-state index in [1.807, 2.05) is 13.8 Å². The van der Waals surface area contributed by atoms with Crippen molar-refractivity contribution in [2.24, 2.45) is 5.73 Å². The van der Waals surface area contributed by atoms with Crippen LogP contribution in [-0.4, -0.2) is 53.6 Å². The van der Waals surface area contributed by atoms with Gasteiger partial charge in [0.1, 0.15) is 5.54 Å². The predicted molar refractivity (Wildman–Crippen MR) is 84.1 cm³/mol. The summed E-state index contributed by atoms with van der Waals surface area (Å²) in [6.45, 7) is 4.36. The highest BCUT2D eigenvalue weighted by atomic mass is 16.5. The number of likely N-dealkylation sites (tertiary alicyclic amines) is 1. The molecule has 0 saturated carbocycles. The lowest BCUT2D eigenvalue weighted by atomic mass is 9.95. The van der Waals surface area contributed by atoms with Crippen molar-refractivity contribution in [2.45, 2.75) is 38.3 Å². The van der Waals surface area contributed by atoms with Crippen molar-refractivity contribution < 1.29 is 19.1 Å². The summed E-state index contributed by atoms with van der Waals surface area (Å²) in [6.07, 6.45) is 2.67. The number of primary amides is 1. The lowest BCUT2D eigenvalue weighted by molar-refractivity contribution is -0.130. The number of aromatic nitrogens is 1. The van der Waals surface area contributed by atoms with Crippen molar-refractivity contribution in [2.75, 3.05) is 20.3 Å². The normalized spacial score (nSPS) is 20.8. The molecule has 126 valence electrons. The number of hydrogen-bond donors (Lipinski definition) is 1. The highest BCUT2D eigenvalue weighted by molar-refractivity contribution is 5.99. The Morgan fingerprint density at radius 3 is 2.70 bits per heavy atom. The molecular formula is C16H23N3O4. The van der Waals surface area contributed by atoms with Gasteiger partial charge in [-0.1, -0.05) is 0 Å². The number of nitrogens with two attached hydrogens (primary N) is 1. The third-order valence-corrected chi connectivity index (χ3v) is 3.92. The van der Waals surface area contributed by atoms with E-state index < -0.39 is 11.4 Å². The van der Waals surface area contributed by atoms with Crippen LogP contribution < -0.4 is 10.5 Å². The summed E-state index contributed by atoms with van der Waals surface area (Å²) < 4.78 is 10.6. The molecule has 2 rings (SSSR count). The molecule has 1 unspecified atom stereocenters. The molecule has 0 aromatic carbocycles. The Bertz CT molecular complexity index is 573. The number of carbonyl (C=O) groups excluding carboxylic acids is 2. The summed E-state index contributed by atoms with van der Waals surface area (Å²) in [7, 11) is 1.49. The second-order valence-electron chi connectivity index (χ2n) is 5.94. The molecule has 2 heterocycles. The molecule has 2 N–H and O–H groups in total. The third-order valence-electron chi connectivity index (χ3n) is 3.92.